The zero-order valence-corrected chi connectivity index (χ0v) is 23.6. The van der Waals surface area contributed by atoms with E-state index in [1.54, 1.807) is 36.9 Å². The molecule has 1 heterocycles. The van der Waals surface area contributed by atoms with Gasteiger partial charge in [-0.1, -0.05) is 50.6 Å². The molecular formula is C24H32Cl2N4O3S2. The zero-order chi connectivity index (χ0) is 24.9. The van der Waals surface area contributed by atoms with Crippen molar-refractivity contribution in [3.05, 3.63) is 53.1 Å². The van der Waals surface area contributed by atoms with Crippen molar-refractivity contribution in [2.75, 3.05) is 44.2 Å². The number of fused-ring (bicyclic) bond motifs is 1. The van der Waals surface area contributed by atoms with Gasteiger partial charge in [0.15, 0.2) is 5.13 Å². The van der Waals surface area contributed by atoms with Gasteiger partial charge in [0.2, 0.25) is 10.0 Å². The van der Waals surface area contributed by atoms with Crippen LogP contribution in [0.1, 0.15) is 38.1 Å². The predicted octanol–water partition coefficient (Wildman–Crippen LogP) is 5.39. The summed E-state index contributed by atoms with van der Waals surface area (Å²) < 4.78 is 27.9. The molecular weight excluding hydrogens is 527 g/mol. The maximum Gasteiger partial charge on any atom is 0.260 e. The van der Waals surface area contributed by atoms with Crippen LogP contribution in [0.25, 0.3) is 10.2 Å². The Bertz CT molecular complexity index is 1230. The van der Waals surface area contributed by atoms with E-state index in [1.807, 2.05) is 12.1 Å². The zero-order valence-electron chi connectivity index (χ0n) is 20.4. The number of nitrogens with zero attached hydrogens (tertiary/aromatic N) is 4. The number of halogens is 2. The molecule has 1 amide bonds. The number of anilines is 1. The lowest BCUT2D eigenvalue weighted by Gasteiger charge is -2.25. The van der Waals surface area contributed by atoms with Gasteiger partial charge >= 0.3 is 0 Å². The first-order chi connectivity index (χ1) is 16.2. The molecule has 0 aliphatic rings. The van der Waals surface area contributed by atoms with Gasteiger partial charge in [0.1, 0.15) is 0 Å². The van der Waals surface area contributed by atoms with Crippen molar-refractivity contribution in [3.8, 4) is 0 Å². The van der Waals surface area contributed by atoms with E-state index in [9.17, 15) is 13.2 Å². The Morgan fingerprint density at radius 2 is 1.57 bits per heavy atom. The van der Waals surface area contributed by atoms with Crippen LogP contribution in [0.2, 0.25) is 5.02 Å². The fourth-order valence-corrected chi connectivity index (χ4v) is 6.43. The second-order valence-corrected chi connectivity index (χ2v) is 11.1. The van der Waals surface area contributed by atoms with Gasteiger partial charge in [-0.2, -0.15) is 4.31 Å². The van der Waals surface area contributed by atoms with Gasteiger partial charge in [0, 0.05) is 36.8 Å². The van der Waals surface area contributed by atoms with E-state index in [4.69, 9.17) is 11.6 Å². The van der Waals surface area contributed by atoms with Gasteiger partial charge in [-0.15, -0.1) is 12.4 Å². The van der Waals surface area contributed by atoms with Crippen molar-refractivity contribution in [2.24, 2.45) is 0 Å². The third-order valence-corrected chi connectivity index (χ3v) is 9.13. The van der Waals surface area contributed by atoms with Crippen molar-refractivity contribution in [1.29, 1.82) is 0 Å². The van der Waals surface area contributed by atoms with Crippen molar-refractivity contribution in [1.82, 2.24) is 14.2 Å². The summed E-state index contributed by atoms with van der Waals surface area (Å²) in [6, 6.07) is 11.6. The number of carbonyl (C=O) groups is 1. The fourth-order valence-electron chi connectivity index (χ4n) is 3.70. The first-order valence-electron chi connectivity index (χ1n) is 11.5. The van der Waals surface area contributed by atoms with Crippen LogP contribution in [-0.2, 0) is 10.0 Å². The van der Waals surface area contributed by atoms with E-state index in [0.717, 1.165) is 23.3 Å². The molecule has 0 spiro atoms. The molecule has 0 N–H and O–H groups in total. The predicted molar refractivity (Wildman–Crippen MR) is 148 cm³/mol. The number of aromatic nitrogens is 1. The third-order valence-electron chi connectivity index (χ3n) is 5.79. The first-order valence-corrected chi connectivity index (χ1v) is 14.1. The molecule has 35 heavy (non-hydrogen) atoms. The van der Waals surface area contributed by atoms with Crippen molar-refractivity contribution >= 4 is 66.6 Å². The topological polar surface area (TPSA) is 73.8 Å². The number of likely N-dealkylation sites (N-methyl/N-ethyl adjacent to an activating group) is 1. The van der Waals surface area contributed by atoms with Crippen LogP contribution in [0.15, 0.2) is 47.4 Å². The summed E-state index contributed by atoms with van der Waals surface area (Å²) in [5.41, 5.74) is 1.20. The van der Waals surface area contributed by atoms with Crippen LogP contribution >= 0.6 is 35.3 Å². The maximum atomic E-state index is 13.6. The van der Waals surface area contributed by atoms with E-state index >= 15 is 0 Å². The SMILES string of the molecule is CCN(CC)CCN(C(=O)c1ccc(S(=O)(=O)N(CC)CC)cc1)c1nc2ccc(Cl)cc2s1.Cl. The van der Waals surface area contributed by atoms with E-state index < -0.39 is 10.0 Å². The van der Waals surface area contributed by atoms with Gasteiger partial charge in [-0.3, -0.25) is 9.69 Å². The monoisotopic (exact) mass is 558 g/mol. The highest BCUT2D eigenvalue weighted by atomic mass is 35.5. The molecule has 0 unspecified atom stereocenters. The largest absolute Gasteiger partial charge is 0.302 e. The number of benzene rings is 2. The number of hydrogen-bond donors (Lipinski definition) is 0. The minimum absolute atomic E-state index is 0. The molecule has 0 saturated carbocycles. The standard InChI is InChI=1S/C24H31ClN4O3S2.ClH/c1-5-27(6-2)15-16-29(24-26-21-14-11-19(25)17-22(21)33-24)23(30)18-9-12-20(13-10-18)34(31,32)28(7-3)8-4;/h9-14,17H,5-8,15-16H2,1-4H3;1H. The highest BCUT2D eigenvalue weighted by Gasteiger charge is 2.25. The number of thiazole rings is 1. The molecule has 0 saturated heterocycles. The van der Waals surface area contributed by atoms with Crippen LogP contribution in [0.5, 0.6) is 0 Å². The Kier molecular flexibility index (Phi) is 10.9. The molecule has 3 rings (SSSR count). The normalized spacial score (nSPS) is 11.7. The second kappa shape index (κ2) is 13.0. The van der Waals surface area contributed by atoms with Gasteiger partial charge < -0.3 is 4.90 Å². The lowest BCUT2D eigenvalue weighted by molar-refractivity contribution is 0.0983. The van der Waals surface area contributed by atoms with Crippen LogP contribution in [-0.4, -0.2) is 67.8 Å². The highest BCUT2D eigenvalue weighted by molar-refractivity contribution is 7.89. The second-order valence-electron chi connectivity index (χ2n) is 7.71. The van der Waals surface area contributed by atoms with Crippen molar-refractivity contribution < 1.29 is 13.2 Å². The minimum atomic E-state index is -3.59. The fraction of sp³-hybridized carbons (Fsp3) is 0.417. The number of sulfonamides is 1. The molecule has 1 aromatic heterocycles. The van der Waals surface area contributed by atoms with Crippen LogP contribution in [0.4, 0.5) is 5.13 Å². The summed E-state index contributed by atoms with van der Waals surface area (Å²) in [4.78, 5) is 22.3. The maximum absolute atomic E-state index is 13.6. The summed E-state index contributed by atoms with van der Waals surface area (Å²) in [7, 11) is -3.59. The van der Waals surface area contributed by atoms with Crippen molar-refractivity contribution in [2.45, 2.75) is 32.6 Å². The molecule has 0 aliphatic carbocycles. The van der Waals surface area contributed by atoms with E-state index in [0.29, 0.717) is 41.9 Å². The first kappa shape index (κ1) is 29.5. The molecule has 2 aromatic carbocycles. The molecule has 192 valence electrons. The van der Waals surface area contributed by atoms with Gasteiger partial charge in [-0.05, 0) is 55.6 Å². The van der Waals surface area contributed by atoms with Crippen molar-refractivity contribution in [3.63, 3.8) is 0 Å². The number of amides is 1. The molecule has 0 radical (unpaired) electrons. The number of rotatable bonds is 11. The Labute approximate surface area is 223 Å². The lowest BCUT2D eigenvalue weighted by Crippen LogP contribution is -2.39. The summed E-state index contributed by atoms with van der Waals surface area (Å²) in [6.45, 7) is 11.5. The van der Waals surface area contributed by atoms with Crippen LogP contribution < -0.4 is 4.90 Å². The summed E-state index contributed by atoms with van der Waals surface area (Å²) in [5.74, 6) is -0.218. The average Bonchev–Trinajstić information content (AvgIpc) is 3.25. The van der Waals surface area contributed by atoms with Gasteiger partial charge in [0.05, 0.1) is 15.1 Å². The Morgan fingerprint density at radius 1 is 0.943 bits per heavy atom. The third kappa shape index (κ3) is 6.72. The highest BCUT2D eigenvalue weighted by Crippen LogP contribution is 2.31. The van der Waals surface area contributed by atoms with E-state index in [-0.39, 0.29) is 23.2 Å². The number of hydrogen-bond acceptors (Lipinski definition) is 6. The average molecular weight is 560 g/mol. The molecule has 0 fully saturated rings. The van der Waals surface area contributed by atoms with E-state index in [2.05, 4.69) is 23.7 Å². The van der Waals surface area contributed by atoms with Crippen LogP contribution in [0.3, 0.4) is 0 Å². The van der Waals surface area contributed by atoms with E-state index in [1.165, 1.54) is 27.8 Å². The Morgan fingerprint density at radius 3 is 2.14 bits per heavy atom. The summed E-state index contributed by atoms with van der Waals surface area (Å²) in [6.07, 6.45) is 0. The Balaban J connectivity index is 0.00000432. The van der Waals surface area contributed by atoms with Crippen LogP contribution in [0, 0.1) is 0 Å². The van der Waals surface area contributed by atoms with Gasteiger partial charge in [0.25, 0.3) is 5.91 Å². The molecule has 0 atom stereocenters. The molecule has 11 heteroatoms. The molecule has 0 bridgehead atoms. The smallest absolute Gasteiger partial charge is 0.260 e. The summed E-state index contributed by atoms with van der Waals surface area (Å²) in [5, 5.41) is 1.21. The quantitative estimate of drug-likeness (QED) is 0.315. The lowest BCUT2D eigenvalue weighted by atomic mass is 10.2. The number of carbonyl (C=O) groups excluding carboxylic acids is 1. The summed E-state index contributed by atoms with van der Waals surface area (Å²) >= 11 is 7.56. The van der Waals surface area contributed by atoms with Gasteiger partial charge in [-0.25, -0.2) is 13.4 Å². The molecule has 7 nitrogen and oxygen atoms in total. The minimum Gasteiger partial charge on any atom is -0.302 e. The Hall–Kier alpha value is -1.75. The molecule has 0 aliphatic heterocycles. The molecule has 3 aromatic rings.